The second-order valence-corrected chi connectivity index (χ2v) is 19.6. The Bertz CT molecular complexity index is 2800. The Morgan fingerprint density at radius 3 is 1.49 bits per heavy atom. The maximum absolute atomic E-state index is 13.3. The molecule has 4 aromatic carbocycles. The van der Waals surface area contributed by atoms with Gasteiger partial charge in [-0.1, -0.05) is 68.8 Å². The van der Waals surface area contributed by atoms with E-state index in [1.54, 1.807) is 56.3 Å². The van der Waals surface area contributed by atoms with E-state index in [4.69, 9.17) is 65.8 Å². The van der Waals surface area contributed by atoms with E-state index in [0.717, 1.165) is 43.5 Å². The molecule has 2 fully saturated rings. The third kappa shape index (κ3) is 12.7. The number of nitrogens with one attached hydrogen (secondary N) is 1. The maximum Gasteiger partial charge on any atom is 0.271 e. The second kappa shape index (κ2) is 22.9. The number of imide groups is 1. The Morgan fingerprint density at radius 2 is 1.10 bits per heavy atom. The highest BCUT2D eigenvalue weighted by Gasteiger charge is 2.43. The van der Waals surface area contributed by atoms with Crippen molar-refractivity contribution in [2.24, 2.45) is 10.3 Å². The SMILES string of the molecule is CC(=O)Cl.CCN1OC[C@@H](N(C(C)=O)C(=O)c2ccc(C3=NOC(C)(c4cc(Cl)cc(Cl)c4)C3)cc2C)C1=O.CCN1OC[C@@H](NC(=O)c2ccc(C3=NOC(C)(c4cc(Cl)cc(Cl)c4)C3)cc2C)C1=O. The van der Waals surface area contributed by atoms with E-state index in [9.17, 15) is 28.8 Å². The quantitative estimate of drug-likeness (QED) is 0.150. The molecule has 8 rings (SSSR count). The lowest BCUT2D eigenvalue weighted by molar-refractivity contribution is -0.161. The first-order valence-electron chi connectivity index (χ1n) is 22.3. The molecule has 2 saturated heterocycles. The summed E-state index contributed by atoms with van der Waals surface area (Å²) < 4.78 is 0. The Kier molecular flexibility index (Phi) is 17.6. The van der Waals surface area contributed by atoms with Crippen molar-refractivity contribution in [1.82, 2.24) is 20.3 Å². The number of halogens is 5. The summed E-state index contributed by atoms with van der Waals surface area (Å²) in [5.74, 6) is -2.06. The van der Waals surface area contributed by atoms with Crippen LogP contribution in [0.25, 0.3) is 0 Å². The van der Waals surface area contributed by atoms with Gasteiger partial charge in [0, 0.05) is 82.1 Å². The number of carbonyl (C=O) groups is 6. The van der Waals surface area contributed by atoms with E-state index in [0.29, 0.717) is 68.4 Å². The van der Waals surface area contributed by atoms with Crippen LogP contribution in [0.4, 0.5) is 0 Å². The molecule has 0 radical (unpaired) electrons. The normalized spacial score (nSPS) is 21.3. The number of benzene rings is 4. The van der Waals surface area contributed by atoms with Gasteiger partial charge in [0.15, 0.2) is 11.2 Å². The molecule has 0 aromatic heterocycles. The molecule has 376 valence electrons. The fourth-order valence-electron chi connectivity index (χ4n) is 8.19. The van der Waals surface area contributed by atoms with Gasteiger partial charge in [-0.3, -0.25) is 43.3 Å². The van der Waals surface area contributed by atoms with E-state index < -0.39 is 41.0 Å². The van der Waals surface area contributed by atoms with Crippen LogP contribution in [-0.2, 0) is 49.7 Å². The van der Waals surface area contributed by atoms with E-state index in [2.05, 4.69) is 27.2 Å². The summed E-state index contributed by atoms with van der Waals surface area (Å²) in [6.07, 6.45) is 0.992. The molecule has 4 atom stereocenters. The number of hydroxylamine groups is 4. The first-order valence-corrected chi connectivity index (χ1v) is 24.2. The van der Waals surface area contributed by atoms with Crippen molar-refractivity contribution in [2.75, 3.05) is 26.3 Å². The average molecular weight is 1070 g/mol. The monoisotopic (exact) mass is 1070 g/mol. The fraction of sp³-hybridized carbons (Fsp3) is 0.360. The molecule has 0 bridgehead atoms. The molecule has 0 spiro atoms. The first kappa shape index (κ1) is 54.7. The van der Waals surface area contributed by atoms with Crippen LogP contribution in [0.5, 0.6) is 0 Å². The van der Waals surface area contributed by atoms with Gasteiger partial charge in [0.25, 0.3) is 23.6 Å². The van der Waals surface area contributed by atoms with Crippen LogP contribution in [0.3, 0.4) is 0 Å². The van der Waals surface area contributed by atoms with Crippen LogP contribution in [-0.4, -0.2) is 99.6 Å². The molecule has 0 aliphatic carbocycles. The molecule has 4 aromatic rings. The largest absolute Gasteiger partial charge is 0.384 e. The molecule has 16 nitrogen and oxygen atoms in total. The van der Waals surface area contributed by atoms with Crippen LogP contribution in [0.2, 0.25) is 20.1 Å². The molecular formula is C50H51Cl5N6O10. The molecule has 4 aliphatic rings. The zero-order valence-electron chi connectivity index (χ0n) is 40.0. The number of amides is 5. The lowest BCUT2D eigenvalue weighted by Gasteiger charge is -2.24. The third-order valence-corrected chi connectivity index (χ3v) is 12.7. The van der Waals surface area contributed by atoms with Crippen molar-refractivity contribution in [1.29, 1.82) is 0 Å². The van der Waals surface area contributed by atoms with E-state index >= 15 is 0 Å². The van der Waals surface area contributed by atoms with Gasteiger partial charge in [-0.15, -0.1) is 0 Å². The summed E-state index contributed by atoms with van der Waals surface area (Å²) in [4.78, 5) is 95.5. The second-order valence-electron chi connectivity index (χ2n) is 17.3. The zero-order valence-corrected chi connectivity index (χ0v) is 43.8. The summed E-state index contributed by atoms with van der Waals surface area (Å²) in [6, 6.07) is 19.5. The molecule has 0 saturated carbocycles. The summed E-state index contributed by atoms with van der Waals surface area (Å²) in [5, 5.41) is 15.4. The van der Waals surface area contributed by atoms with Gasteiger partial charge in [0.2, 0.25) is 11.1 Å². The standard InChI is InChI=1S/C25H25Cl2N3O5.C23H23Cl2N3O4.C2H3ClO/c1-5-29-24(33)22(13-34-29)30(15(3)31)23(32)20-7-6-16(8-14(20)2)21-12-25(4,35-28-21)17-9-18(26)11-19(27)10-17;1-4-28-22(30)20(12-31-28)26-21(29)18-6-5-14(7-13(18)2)19-11-23(3,32-27-19)15-8-16(24)10-17(25)9-15;1-2(3)4/h6-11,22H,5,12-13H2,1-4H3;5-10,20H,4,11-12H2,1-3H3,(H,26,29);1H3/t22-,25?;20-,23?;/m11./s1. The Morgan fingerprint density at radius 1 is 0.676 bits per heavy atom. The van der Waals surface area contributed by atoms with Crippen molar-refractivity contribution < 1.29 is 48.1 Å². The van der Waals surface area contributed by atoms with Crippen LogP contribution >= 0.6 is 58.0 Å². The summed E-state index contributed by atoms with van der Waals surface area (Å²) in [6.45, 7) is 14.4. The zero-order chi connectivity index (χ0) is 52.1. The van der Waals surface area contributed by atoms with Crippen molar-refractivity contribution in [3.63, 3.8) is 0 Å². The molecule has 71 heavy (non-hydrogen) atoms. The van der Waals surface area contributed by atoms with Gasteiger partial charge in [-0.25, -0.2) is 10.1 Å². The molecule has 21 heteroatoms. The predicted molar refractivity (Wildman–Crippen MR) is 270 cm³/mol. The Balaban J connectivity index is 0.000000217. The minimum absolute atomic E-state index is 0.0601. The number of hydrogen-bond acceptors (Lipinski definition) is 12. The van der Waals surface area contributed by atoms with Crippen LogP contribution in [0.15, 0.2) is 83.1 Å². The van der Waals surface area contributed by atoms with Crippen molar-refractivity contribution in [2.45, 2.75) is 91.5 Å². The van der Waals surface area contributed by atoms with Crippen molar-refractivity contribution in [3.05, 3.63) is 137 Å². The molecule has 2 unspecified atom stereocenters. The molecule has 5 amide bonds. The molecule has 4 aliphatic heterocycles. The Hall–Kier alpha value is -5.59. The van der Waals surface area contributed by atoms with E-state index in [1.165, 1.54) is 18.9 Å². The minimum atomic E-state index is -0.989. The minimum Gasteiger partial charge on any atom is -0.384 e. The summed E-state index contributed by atoms with van der Waals surface area (Å²) in [5.41, 5.74) is 5.51. The van der Waals surface area contributed by atoms with Crippen molar-refractivity contribution in [3.8, 4) is 0 Å². The highest BCUT2D eigenvalue weighted by Crippen LogP contribution is 2.40. The van der Waals surface area contributed by atoms with Crippen molar-refractivity contribution >= 4 is 104 Å². The average Bonchev–Trinajstić information content (AvgIpc) is 4.09. The summed E-state index contributed by atoms with van der Waals surface area (Å²) >= 11 is 29.3. The number of nitrogens with zero attached hydrogens (tertiary/aromatic N) is 5. The Labute approximate surface area is 435 Å². The number of carbonyl (C=O) groups excluding carboxylic acids is 6. The molecular weight excluding hydrogens is 1020 g/mol. The van der Waals surface area contributed by atoms with Crippen LogP contribution < -0.4 is 5.32 Å². The first-order chi connectivity index (χ1) is 33.5. The highest BCUT2D eigenvalue weighted by molar-refractivity contribution is 6.62. The van der Waals surface area contributed by atoms with Gasteiger partial charge in [-0.2, -0.15) is 0 Å². The van der Waals surface area contributed by atoms with Gasteiger partial charge in [0.1, 0.15) is 25.3 Å². The lowest BCUT2D eigenvalue weighted by atomic mass is 9.88. The molecule has 1 N–H and O–H groups in total. The third-order valence-electron chi connectivity index (χ3n) is 11.9. The fourth-order valence-corrected chi connectivity index (χ4v) is 9.24. The topological polar surface area (TPSA) is 186 Å². The van der Waals surface area contributed by atoms with Gasteiger partial charge >= 0.3 is 0 Å². The summed E-state index contributed by atoms with van der Waals surface area (Å²) in [7, 11) is 0. The number of rotatable bonds is 10. The lowest BCUT2D eigenvalue weighted by Crippen LogP contribution is -2.49. The van der Waals surface area contributed by atoms with Crippen LogP contribution in [0.1, 0.15) is 108 Å². The maximum atomic E-state index is 13.3. The van der Waals surface area contributed by atoms with Crippen LogP contribution in [0, 0.1) is 13.8 Å². The van der Waals surface area contributed by atoms with Gasteiger partial charge in [0.05, 0.1) is 11.4 Å². The number of oxime groups is 2. The van der Waals surface area contributed by atoms with Gasteiger partial charge in [-0.05, 0) is 136 Å². The predicted octanol–water partition coefficient (Wildman–Crippen LogP) is 9.50. The van der Waals surface area contributed by atoms with Gasteiger partial charge < -0.3 is 15.0 Å². The van der Waals surface area contributed by atoms with E-state index in [1.807, 2.05) is 58.0 Å². The van der Waals surface area contributed by atoms with E-state index in [-0.39, 0.29) is 30.3 Å². The number of hydrogen-bond donors (Lipinski definition) is 1. The number of aryl methyl sites for hydroxylation is 2. The highest BCUT2D eigenvalue weighted by atomic mass is 35.5. The number of likely N-dealkylation sites (N-methyl/N-ethyl adjacent to an activating group) is 2. The smallest absolute Gasteiger partial charge is 0.271 e. The molecule has 4 heterocycles.